The number of aliphatic carboxylic acids is 1. The SMILES string of the molecule is Nc1ccc(CCCC(N)C(=O)O)c(N)c1. The van der Waals surface area contributed by atoms with E-state index < -0.39 is 12.0 Å². The highest BCUT2D eigenvalue weighted by Crippen LogP contribution is 2.17. The first-order valence-corrected chi connectivity index (χ1v) is 5.13. The third-order valence-electron chi connectivity index (χ3n) is 2.45. The summed E-state index contributed by atoms with van der Waals surface area (Å²) in [7, 11) is 0. The van der Waals surface area contributed by atoms with E-state index in [2.05, 4.69) is 0 Å². The molecule has 0 saturated heterocycles. The number of carbonyl (C=O) groups is 1. The molecule has 0 heterocycles. The molecule has 1 aromatic carbocycles. The van der Waals surface area contributed by atoms with Gasteiger partial charge in [-0.05, 0) is 37.0 Å². The number of carboxylic acid groups (broad SMARTS) is 1. The van der Waals surface area contributed by atoms with Crippen molar-refractivity contribution in [1.29, 1.82) is 0 Å². The van der Waals surface area contributed by atoms with Gasteiger partial charge < -0.3 is 22.3 Å². The summed E-state index contributed by atoms with van der Waals surface area (Å²) in [5.74, 6) is -0.967. The smallest absolute Gasteiger partial charge is 0.320 e. The Hall–Kier alpha value is -1.75. The fraction of sp³-hybridized carbons (Fsp3) is 0.364. The second kappa shape index (κ2) is 5.37. The lowest BCUT2D eigenvalue weighted by molar-refractivity contribution is -0.138. The number of nitrogens with two attached hydrogens (primary N) is 3. The normalized spacial score (nSPS) is 12.3. The highest BCUT2D eigenvalue weighted by Gasteiger charge is 2.10. The summed E-state index contributed by atoms with van der Waals surface area (Å²) in [6, 6.07) is 4.54. The van der Waals surface area contributed by atoms with E-state index in [0.717, 1.165) is 5.56 Å². The predicted octanol–water partition coefficient (Wildman–Crippen LogP) is 0.586. The van der Waals surface area contributed by atoms with Crippen molar-refractivity contribution in [3.63, 3.8) is 0 Å². The molecule has 16 heavy (non-hydrogen) atoms. The van der Waals surface area contributed by atoms with Gasteiger partial charge in [0, 0.05) is 11.4 Å². The molecule has 0 aliphatic rings. The van der Waals surface area contributed by atoms with Crippen LogP contribution in [0.1, 0.15) is 18.4 Å². The molecule has 1 aromatic rings. The molecule has 0 fully saturated rings. The average Bonchev–Trinajstić information content (AvgIpc) is 2.20. The van der Waals surface area contributed by atoms with Crippen molar-refractivity contribution in [3.05, 3.63) is 23.8 Å². The van der Waals surface area contributed by atoms with Crippen molar-refractivity contribution in [2.75, 3.05) is 11.5 Å². The number of hydrogen-bond donors (Lipinski definition) is 4. The Bertz CT molecular complexity index is 379. The maximum atomic E-state index is 10.5. The Morgan fingerprint density at radius 1 is 1.38 bits per heavy atom. The number of hydrogen-bond acceptors (Lipinski definition) is 4. The summed E-state index contributed by atoms with van der Waals surface area (Å²) in [5, 5.41) is 8.60. The van der Waals surface area contributed by atoms with Gasteiger partial charge in [-0.15, -0.1) is 0 Å². The van der Waals surface area contributed by atoms with Crippen LogP contribution in [0.3, 0.4) is 0 Å². The minimum Gasteiger partial charge on any atom is -0.480 e. The Balaban J connectivity index is 2.46. The lowest BCUT2D eigenvalue weighted by Gasteiger charge is -2.08. The largest absolute Gasteiger partial charge is 0.480 e. The highest BCUT2D eigenvalue weighted by atomic mass is 16.4. The topological polar surface area (TPSA) is 115 Å². The van der Waals surface area contributed by atoms with Crippen LogP contribution in [0.4, 0.5) is 11.4 Å². The summed E-state index contributed by atoms with van der Waals surface area (Å²) < 4.78 is 0. The molecule has 0 bridgehead atoms. The molecule has 0 aliphatic heterocycles. The number of benzene rings is 1. The molecule has 0 aliphatic carbocycles. The molecule has 7 N–H and O–H groups in total. The summed E-state index contributed by atoms with van der Waals surface area (Å²) in [6.07, 6.45) is 1.85. The third-order valence-corrected chi connectivity index (χ3v) is 2.45. The monoisotopic (exact) mass is 223 g/mol. The van der Waals surface area contributed by atoms with Crippen molar-refractivity contribution in [2.45, 2.75) is 25.3 Å². The van der Waals surface area contributed by atoms with Gasteiger partial charge in [-0.2, -0.15) is 0 Å². The predicted molar refractivity (Wildman–Crippen MR) is 63.8 cm³/mol. The van der Waals surface area contributed by atoms with E-state index in [1.807, 2.05) is 6.07 Å². The van der Waals surface area contributed by atoms with Crippen LogP contribution in [0.15, 0.2) is 18.2 Å². The standard InChI is InChI=1S/C11H17N3O2/c12-8-5-4-7(10(14)6-8)2-1-3-9(13)11(15)16/h4-6,9H,1-3,12-14H2,(H,15,16). The van der Waals surface area contributed by atoms with Crippen LogP contribution >= 0.6 is 0 Å². The fourth-order valence-corrected chi connectivity index (χ4v) is 1.48. The fourth-order valence-electron chi connectivity index (χ4n) is 1.48. The summed E-state index contributed by atoms with van der Waals surface area (Å²) >= 11 is 0. The van der Waals surface area contributed by atoms with Gasteiger partial charge >= 0.3 is 5.97 Å². The quantitative estimate of drug-likeness (QED) is 0.545. The van der Waals surface area contributed by atoms with E-state index in [9.17, 15) is 4.79 Å². The Morgan fingerprint density at radius 3 is 2.62 bits per heavy atom. The van der Waals surface area contributed by atoms with Crippen molar-refractivity contribution in [1.82, 2.24) is 0 Å². The molecule has 0 amide bonds. The Labute approximate surface area is 94.2 Å². The second-order valence-corrected chi connectivity index (χ2v) is 3.80. The minimum absolute atomic E-state index is 0.444. The third kappa shape index (κ3) is 3.43. The van der Waals surface area contributed by atoms with Gasteiger partial charge in [-0.25, -0.2) is 0 Å². The lowest BCUT2D eigenvalue weighted by atomic mass is 10.0. The number of aryl methyl sites for hydroxylation is 1. The van der Waals surface area contributed by atoms with Crippen molar-refractivity contribution >= 4 is 17.3 Å². The number of anilines is 2. The van der Waals surface area contributed by atoms with E-state index in [4.69, 9.17) is 22.3 Å². The first-order valence-electron chi connectivity index (χ1n) is 5.13. The van der Waals surface area contributed by atoms with Crippen LogP contribution in [0, 0.1) is 0 Å². The zero-order valence-electron chi connectivity index (χ0n) is 9.02. The van der Waals surface area contributed by atoms with Gasteiger partial charge in [0.25, 0.3) is 0 Å². The molecule has 1 unspecified atom stereocenters. The second-order valence-electron chi connectivity index (χ2n) is 3.80. The van der Waals surface area contributed by atoms with Gasteiger partial charge in [0.1, 0.15) is 6.04 Å². The molecule has 5 nitrogen and oxygen atoms in total. The zero-order chi connectivity index (χ0) is 12.1. The number of rotatable bonds is 5. The molecule has 1 rings (SSSR count). The molecule has 88 valence electrons. The van der Waals surface area contributed by atoms with Crippen LogP contribution in [-0.2, 0) is 11.2 Å². The van der Waals surface area contributed by atoms with Gasteiger partial charge in [0.05, 0.1) is 0 Å². The van der Waals surface area contributed by atoms with E-state index in [-0.39, 0.29) is 0 Å². The summed E-state index contributed by atoms with van der Waals surface area (Å²) in [6.45, 7) is 0. The van der Waals surface area contributed by atoms with Crippen LogP contribution in [0.2, 0.25) is 0 Å². The van der Waals surface area contributed by atoms with Crippen molar-refractivity contribution in [2.24, 2.45) is 5.73 Å². The van der Waals surface area contributed by atoms with Gasteiger partial charge in [0.15, 0.2) is 0 Å². The summed E-state index contributed by atoms with van der Waals surface area (Å²) in [4.78, 5) is 10.5. The van der Waals surface area contributed by atoms with Crippen LogP contribution in [0.25, 0.3) is 0 Å². The van der Waals surface area contributed by atoms with Crippen molar-refractivity contribution < 1.29 is 9.90 Å². The van der Waals surface area contributed by atoms with E-state index >= 15 is 0 Å². The number of nitrogen functional groups attached to an aromatic ring is 2. The molecule has 0 radical (unpaired) electrons. The molecular formula is C11H17N3O2. The zero-order valence-corrected chi connectivity index (χ0v) is 9.02. The summed E-state index contributed by atoms with van der Waals surface area (Å²) in [5.41, 5.74) is 19.0. The maximum Gasteiger partial charge on any atom is 0.320 e. The molecule has 0 saturated carbocycles. The van der Waals surface area contributed by atoms with E-state index in [0.29, 0.717) is 30.6 Å². The van der Waals surface area contributed by atoms with Crippen LogP contribution in [0.5, 0.6) is 0 Å². The Morgan fingerprint density at radius 2 is 2.06 bits per heavy atom. The average molecular weight is 223 g/mol. The van der Waals surface area contributed by atoms with E-state index in [1.165, 1.54) is 0 Å². The number of carboxylic acids is 1. The first kappa shape index (κ1) is 12.3. The molecule has 0 aromatic heterocycles. The van der Waals surface area contributed by atoms with E-state index in [1.54, 1.807) is 12.1 Å². The highest BCUT2D eigenvalue weighted by molar-refractivity contribution is 5.72. The molecule has 1 atom stereocenters. The molecule has 5 heteroatoms. The molecular weight excluding hydrogens is 206 g/mol. The minimum atomic E-state index is -0.967. The van der Waals surface area contributed by atoms with Gasteiger partial charge in [-0.1, -0.05) is 6.07 Å². The van der Waals surface area contributed by atoms with Gasteiger partial charge in [-0.3, -0.25) is 4.79 Å². The molecule has 0 spiro atoms. The van der Waals surface area contributed by atoms with Crippen molar-refractivity contribution in [3.8, 4) is 0 Å². The van der Waals surface area contributed by atoms with Crippen LogP contribution in [-0.4, -0.2) is 17.1 Å². The lowest BCUT2D eigenvalue weighted by Crippen LogP contribution is -2.29. The van der Waals surface area contributed by atoms with Gasteiger partial charge in [0.2, 0.25) is 0 Å². The first-order chi connectivity index (χ1) is 7.50. The van der Waals surface area contributed by atoms with Crippen LogP contribution < -0.4 is 17.2 Å². The maximum absolute atomic E-state index is 10.5. The Kier molecular flexibility index (Phi) is 4.13.